The van der Waals surface area contributed by atoms with Crippen molar-refractivity contribution in [2.24, 2.45) is 5.41 Å². The van der Waals surface area contributed by atoms with E-state index in [1.807, 2.05) is 23.7 Å². The molecule has 1 N–H and O–H groups in total. The van der Waals surface area contributed by atoms with Gasteiger partial charge in [0, 0.05) is 29.7 Å². The minimum atomic E-state index is -0.268. The van der Waals surface area contributed by atoms with Gasteiger partial charge in [0.25, 0.3) is 0 Å². The molecule has 2 bridgehead atoms. The molecule has 3 atom stereocenters. The number of nitrogens with one attached hydrogen (secondary N) is 1. The first-order valence-corrected chi connectivity index (χ1v) is 10.3. The van der Waals surface area contributed by atoms with Gasteiger partial charge >= 0.3 is 0 Å². The van der Waals surface area contributed by atoms with Crippen LogP contribution in [0.5, 0.6) is 0 Å². The molecule has 0 spiro atoms. The Morgan fingerprint density at radius 3 is 2.96 bits per heavy atom. The Kier molecular flexibility index (Phi) is 4.80. The number of carbonyl (C=O) groups excluding carboxylic acids is 1. The average Bonchev–Trinajstić information content (AvgIpc) is 3.35. The SMILES string of the molecule is CC[C@@]1(C(=O)NCc2ccccn2)C[C@@H]2CC[C@H]1N2Cc1scnc1C. The van der Waals surface area contributed by atoms with Crippen molar-refractivity contribution < 1.29 is 4.79 Å². The second-order valence-corrected chi connectivity index (χ2v) is 8.44. The summed E-state index contributed by atoms with van der Waals surface area (Å²) in [6.07, 6.45) is 5.96. The molecule has 0 unspecified atom stereocenters. The van der Waals surface area contributed by atoms with Gasteiger partial charge in [-0.1, -0.05) is 13.0 Å². The van der Waals surface area contributed by atoms with E-state index in [-0.39, 0.29) is 11.3 Å². The fraction of sp³-hybridized carbons (Fsp3) is 0.550. The molecular formula is C20H26N4OS. The summed E-state index contributed by atoms with van der Waals surface area (Å²) in [5.74, 6) is 0.198. The molecule has 138 valence electrons. The molecule has 6 heteroatoms. The summed E-state index contributed by atoms with van der Waals surface area (Å²) in [5.41, 5.74) is 3.70. The second-order valence-electron chi connectivity index (χ2n) is 7.50. The van der Waals surface area contributed by atoms with E-state index in [9.17, 15) is 4.79 Å². The first-order valence-electron chi connectivity index (χ1n) is 9.47. The molecule has 0 aliphatic carbocycles. The molecular weight excluding hydrogens is 344 g/mol. The van der Waals surface area contributed by atoms with E-state index in [1.165, 1.54) is 11.3 Å². The fourth-order valence-electron chi connectivity index (χ4n) is 4.82. The third-order valence-electron chi connectivity index (χ3n) is 6.29. The summed E-state index contributed by atoms with van der Waals surface area (Å²) in [7, 11) is 0. The van der Waals surface area contributed by atoms with E-state index in [4.69, 9.17) is 0 Å². The number of aryl methyl sites for hydroxylation is 1. The third kappa shape index (κ3) is 2.95. The first-order chi connectivity index (χ1) is 12.6. The van der Waals surface area contributed by atoms with E-state index in [2.05, 4.69) is 34.0 Å². The van der Waals surface area contributed by atoms with Crippen molar-refractivity contribution >= 4 is 17.2 Å². The van der Waals surface area contributed by atoms with Crippen molar-refractivity contribution in [2.75, 3.05) is 0 Å². The maximum Gasteiger partial charge on any atom is 0.228 e. The standard InChI is InChI=1S/C20H26N4OS/c1-3-20(19(25)22-11-15-6-4-5-9-21-15)10-16-7-8-18(20)24(16)12-17-14(2)23-13-26-17/h4-6,9,13,16,18H,3,7-8,10-12H2,1-2H3,(H,22,25)/t16-,18+,20+/m0/s1. The van der Waals surface area contributed by atoms with Crippen LogP contribution in [0.15, 0.2) is 29.9 Å². The van der Waals surface area contributed by atoms with Crippen LogP contribution >= 0.6 is 11.3 Å². The van der Waals surface area contributed by atoms with Crippen LogP contribution in [0, 0.1) is 12.3 Å². The summed E-state index contributed by atoms with van der Waals surface area (Å²) in [5, 5.41) is 3.17. The Balaban J connectivity index is 1.49. The number of hydrogen-bond acceptors (Lipinski definition) is 5. The van der Waals surface area contributed by atoms with Crippen molar-refractivity contribution in [3.05, 3.63) is 46.2 Å². The zero-order valence-electron chi connectivity index (χ0n) is 15.4. The molecule has 5 nitrogen and oxygen atoms in total. The number of fused-ring (bicyclic) bond motifs is 2. The predicted octanol–water partition coefficient (Wildman–Crippen LogP) is 3.30. The third-order valence-corrected chi connectivity index (χ3v) is 7.21. The first kappa shape index (κ1) is 17.6. The topological polar surface area (TPSA) is 58.1 Å². The van der Waals surface area contributed by atoms with Crippen LogP contribution < -0.4 is 5.32 Å². The van der Waals surface area contributed by atoms with Crippen molar-refractivity contribution in [3.63, 3.8) is 0 Å². The molecule has 2 aliphatic heterocycles. The van der Waals surface area contributed by atoms with Crippen molar-refractivity contribution in [1.82, 2.24) is 20.2 Å². The zero-order valence-corrected chi connectivity index (χ0v) is 16.3. The van der Waals surface area contributed by atoms with Crippen LogP contribution in [-0.4, -0.2) is 32.9 Å². The normalized spacial score (nSPS) is 27.8. The fourth-order valence-corrected chi connectivity index (χ4v) is 5.61. The number of nitrogens with zero attached hydrogens (tertiary/aromatic N) is 3. The monoisotopic (exact) mass is 370 g/mol. The Morgan fingerprint density at radius 2 is 2.27 bits per heavy atom. The van der Waals surface area contributed by atoms with Gasteiger partial charge in [0.15, 0.2) is 0 Å². The van der Waals surface area contributed by atoms with Gasteiger partial charge in [-0.15, -0.1) is 11.3 Å². The van der Waals surface area contributed by atoms with Crippen molar-refractivity contribution in [1.29, 1.82) is 0 Å². The lowest BCUT2D eigenvalue weighted by Gasteiger charge is -2.35. The number of rotatable bonds is 6. The Bertz CT molecular complexity index is 777. The van der Waals surface area contributed by atoms with Crippen LogP contribution in [0.1, 0.15) is 48.9 Å². The predicted molar refractivity (Wildman–Crippen MR) is 103 cm³/mol. The van der Waals surface area contributed by atoms with Crippen LogP contribution in [0.3, 0.4) is 0 Å². The summed E-state index contributed by atoms with van der Waals surface area (Å²) in [6.45, 7) is 5.68. The van der Waals surface area contributed by atoms with Crippen LogP contribution in [0.2, 0.25) is 0 Å². The van der Waals surface area contributed by atoms with Gasteiger partial charge in [0.1, 0.15) is 0 Å². The zero-order chi connectivity index (χ0) is 18.1. The summed E-state index contributed by atoms with van der Waals surface area (Å²) in [6, 6.07) is 6.66. The molecule has 4 heterocycles. The minimum absolute atomic E-state index is 0.198. The molecule has 2 aromatic rings. The molecule has 26 heavy (non-hydrogen) atoms. The highest BCUT2D eigenvalue weighted by Gasteiger charge is 2.58. The molecule has 2 aromatic heterocycles. The van der Waals surface area contributed by atoms with Gasteiger partial charge in [0.2, 0.25) is 5.91 Å². The maximum atomic E-state index is 13.2. The molecule has 0 radical (unpaired) electrons. The van der Waals surface area contributed by atoms with Gasteiger partial charge in [-0.2, -0.15) is 0 Å². The number of hydrogen-bond donors (Lipinski definition) is 1. The molecule has 2 aliphatic rings. The number of aromatic nitrogens is 2. The Labute approximate surface area is 158 Å². The number of carbonyl (C=O) groups is 1. The Hall–Kier alpha value is -1.79. The smallest absolute Gasteiger partial charge is 0.228 e. The van der Waals surface area contributed by atoms with E-state index in [1.54, 1.807) is 17.5 Å². The van der Waals surface area contributed by atoms with Gasteiger partial charge in [-0.25, -0.2) is 4.98 Å². The highest BCUT2D eigenvalue weighted by molar-refractivity contribution is 7.09. The van der Waals surface area contributed by atoms with Crippen LogP contribution in [0.25, 0.3) is 0 Å². The molecule has 2 fully saturated rings. The molecule has 0 aromatic carbocycles. The Morgan fingerprint density at radius 1 is 1.38 bits per heavy atom. The van der Waals surface area contributed by atoms with Gasteiger partial charge in [0.05, 0.1) is 28.9 Å². The van der Waals surface area contributed by atoms with Crippen molar-refractivity contribution in [3.8, 4) is 0 Å². The molecule has 2 saturated heterocycles. The lowest BCUT2D eigenvalue weighted by Crippen LogP contribution is -2.48. The van der Waals surface area contributed by atoms with E-state index < -0.39 is 0 Å². The minimum Gasteiger partial charge on any atom is -0.350 e. The molecule has 1 amide bonds. The van der Waals surface area contributed by atoms with E-state index in [0.717, 1.165) is 37.2 Å². The van der Waals surface area contributed by atoms with Crippen LogP contribution in [-0.2, 0) is 17.9 Å². The van der Waals surface area contributed by atoms with E-state index in [0.29, 0.717) is 18.6 Å². The highest BCUT2D eigenvalue weighted by Crippen LogP contribution is 2.52. The van der Waals surface area contributed by atoms with Gasteiger partial charge in [-0.3, -0.25) is 14.7 Å². The highest BCUT2D eigenvalue weighted by atomic mass is 32.1. The van der Waals surface area contributed by atoms with Gasteiger partial charge in [-0.05, 0) is 44.7 Å². The maximum absolute atomic E-state index is 13.2. The summed E-state index contributed by atoms with van der Waals surface area (Å²) >= 11 is 1.73. The van der Waals surface area contributed by atoms with E-state index >= 15 is 0 Å². The van der Waals surface area contributed by atoms with Gasteiger partial charge < -0.3 is 5.32 Å². The van der Waals surface area contributed by atoms with Crippen molar-refractivity contribution in [2.45, 2.75) is 64.7 Å². The quantitative estimate of drug-likeness (QED) is 0.848. The number of thiazole rings is 1. The largest absolute Gasteiger partial charge is 0.350 e. The summed E-state index contributed by atoms with van der Waals surface area (Å²) in [4.78, 5) is 25.8. The van der Waals surface area contributed by atoms with Crippen LogP contribution in [0.4, 0.5) is 0 Å². The number of amides is 1. The molecule has 0 saturated carbocycles. The second kappa shape index (κ2) is 7.08. The lowest BCUT2D eigenvalue weighted by molar-refractivity contribution is -0.133. The number of pyridine rings is 1. The average molecular weight is 371 g/mol. The molecule has 4 rings (SSSR count). The summed E-state index contributed by atoms with van der Waals surface area (Å²) < 4.78 is 0. The lowest BCUT2D eigenvalue weighted by atomic mass is 9.71.